The van der Waals surface area contributed by atoms with Gasteiger partial charge in [-0.1, -0.05) is 24.0 Å². The Bertz CT molecular complexity index is 1030. The highest BCUT2D eigenvalue weighted by Gasteiger charge is 2.14. The van der Waals surface area contributed by atoms with Gasteiger partial charge in [-0.2, -0.15) is 0 Å². The molecule has 128 valence electrons. The Morgan fingerprint density at radius 1 is 1.12 bits per heavy atom. The minimum Gasteiger partial charge on any atom is -0.322 e. The van der Waals surface area contributed by atoms with Crippen LogP contribution in [0.25, 0.3) is 0 Å². The highest BCUT2D eigenvalue weighted by Crippen LogP contribution is 2.20. The van der Waals surface area contributed by atoms with Crippen molar-refractivity contribution in [2.75, 3.05) is 5.32 Å². The first-order valence-electron chi connectivity index (χ1n) is 7.75. The van der Waals surface area contributed by atoms with Crippen molar-refractivity contribution in [2.24, 2.45) is 0 Å². The lowest BCUT2D eigenvalue weighted by atomic mass is 10.1. The van der Waals surface area contributed by atoms with Crippen LogP contribution < -0.4 is 5.32 Å². The van der Waals surface area contributed by atoms with Gasteiger partial charge in [0.15, 0.2) is 0 Å². The van der Waals surface area contributed by atoms with Crippen LogP contribution in [0.1, 0.15) is 26.4 Å². The second kappa shape index (κ2) is 7.64. The molecular weight excluding hydrogens is 348 g/mol. The van der Waals surface area contributed by atoms with Crippen LogP contribution in [0.15, 0.2) is 60.0 Å². The normalized spacial score (nSPS) is 9.88. The number of rotatable bonds is 3. The second-order valence-electron chi connectivity index (χ2n) is 5.52. The zero-order valence-electron chi connectivity index (χ0n) is 13.9. The number of aryl methyl sites for hydroxylation is 1. The predicted octanol–water partition coefficient (Wildman–Crippen LogP) is 4.62. The van der Waals surface area contributed by atoms with Gasteiger partial charge in [0.25, 0.3) is 11.6 Å². The maximum absolute atomic E-state index is 12.4. The molecule has 26 heavy (non-hydrogen) atoms. The number of nitrogens with one attached hydrogen (secondary N) is 1. The van der Waals surface area contributed by atoms with Crippen LogP contribution in [-0.4, -0.2) is 10.8 Å². The molecule has 5 nitrogen and oxygen atoms in total. The molecule has 3 aromatic rings. The number of nitrogens with zero attached hydrogens (tertiary/aromatic N) is 1. The van der Waals surface area contributed by atoms with Gasteiger partial charge < -0.3 is 5.32 Å². The summed E-state index contributed by atoms with van der Waals surface area (Å²) >= 11 is 1.57. The zero-order chi connectivity index (χ0) is 18.5. The molecule has 1 N–H and O–H groups in total. The number of anilines is 1. The summed E-state index contributed by atoms with van der Waals surface area (Å²) in [7, 11) is 0. The summed E-state index contributed by atoms with van der Waals surface area (Å²) in [6.07, 6.45) is 0. The SMILES string of the molecule is Cc1cc(C(=O)Nc2cccc(C#Cc3cccs3)c2)ccc1[N+](=O)[O-]. The highest BCUT2D eigenvalue weighted by atomic mass is 32.1. The number of thiophene rings is 1. The molecule has 0 unspecified atom stereocenters. The van der Waals surface area contributed by atoms with Crippen LogP contribution in [0.2, 0.25) is 0 Å². The maximum atomic E-state index is 12.4. The maximum Gasteiger partial charge on any atom is 0.272 e. The third-order valence-electron chi connectivity index (χ3n) is 3.63. The van der Waals surface area contributed by atoms with Crippen LogP contribution in [-0.2, 0) is 0 Å². The van der Waals surface area contributed by atoms with Crippen molar-refractivity contribution in [2.45, 2.75) is 6.92 Å². The predicted molar refractivity (Wildman–Crippen MR) is 103 cm³/mol. The van der Waals surface area contributed by atoms with Crippen LogP contribution in [0.5, 0.6) is 0 Å². The molecular formula is C20H14N2O3S. The topological polar surface area (TPSA) is 72.2 Å². The third-order valence-corrected chi connectivity index (χ3v) is 4.41. The Morgan fingerprint density at radius 2 is 1.96 bits per heavy atom. The molecule has 0 radical (unpaired) electrons. The van der Waals surface area contributed by atoms with Crippen molar-refractivity contribution in [1.29, 1.82) is 0 Å². The van der Waals surface area contributed by atoms with Crippen LogP contribution in [0, 0.1) is 28.9 Å². The van der Waals surface area contributed by atoms with Gasteiger partial charge in [0.2, 0.25) is 0 Å². The van der Waals surface area contributed by atoms with E-state index in [-0.39, 0.29) is 11.6 Å². The van der Waals surface area contributed by atoms with Gasteiger partial charge >= 0.3 is 0 Å². The molecule has 6 heteroatoms. The summed E-state index contributed by atoms with van der Waals surface area (Å²) in [5, 5.41) is 15.6. The number of nitro benzene ring substituents is 1. The molecule has 0 aliphatic rings. The summed E-state index contributed by atoms with van der Waals surface area (Å²) in [6, 6.07) is 15.4. The van der Waals surface area contributed by atoms with E-state index in [1.165, 1.54) is 18.2 Å². The summed E-state index contributed by atoms with van der Waals surface area (Å²) in [5.41, 5.74) is 2.20. The Labute approximate surface area is 154 Å². The van der Waals surface area contributed by atoms with Gasteiger partial charge in [-0.05, 0) is 48.7 Å². The summed E-state index contributed by atoms with van der Waals surface area (Å²) in [6.45, 7) is 1.61. The monoisotopic (exact) mass is 362 g/mol. The van der Waals surface area contributed by atoms with Crippen LogP contribution in [0.4, 0.5) is 11.4 Å². The lowest BCUT2D eigenvalue weighted by Crippen LogP contribution is -2.12. The van der Waals surface area contributed by atoms with E-state index in [2.05, 4.69) is 17.2 Å². The fourth-order valence-electron chi connectivity index (χ4n) is 2.36. The van der Waals surface area contributed by atoms with E-state index in [0.29, 0.717) is 16.8 Å². The molecule has 0 aliphatic carbocycles. The Morgan fingerprint density at radius 3 is 2.65 bits per heavy atom. The van der Waals surface area contributed by atoms with Gasteiger partial charge in [0, 0.05) is 28.4 Å². The third kappa shape index (κ3) is 4.15. The molecule has 0 aliphatic heterocycles. The van der Waals surface area contributed by atoms with E-state index in [9.17, 15) is 14.9 Å². The highest BCUT2D eigenvalue weighted by molar-refractivity contribution is 7.10. The molecule has 0 saturated heterocycles. The van der Waals surface area contributed by atoms with Crippen molar-refractivity contribution in [3.8, 4) is 11.8 Å². The van der Waals surface area contributed by atoms with E-state index >= 15 is 0 Å². The van der Waals surface area contributed by atoms with Crippen molar-refractivity contribution in [3.63, 3.8) is 0 Å². The molecule has 1 heterocycles. The molecule has 0 bridgehead atoms. The average Bonchev–Trinajstić information content (AvgIpc) is 3.13. The summed E-state index contributed by atoms with van der Waals surface area (Å²) < 4.78 is 0. The minimum absolute atomic E-state index is 0.00704. The number of nitro groups is 1. The number of carbonyl (C=O) groups is 1. The van der Waals surface area contributed by atoms with Gasteiger partial charge in [0.05, 0.1) is 9.80 Å². The molecule has 0 atom stereocenters. The average molecular weight is 362 g/mol. The van der Waals surface area contributed by atoms with E-state index in [4.69, 9.17) is 0 Å². The molecule has 0 spiro atoms. The first-order chi connectivity index (χ1) is 12.5. The number of benzene rings is 2. The molecule has 0 saturated carbocycles. The van der Waals surface area contributed by atoms with Gasteiger partial charge in [-0.15, -0.1) is 11.3 Å². The molecule has 0 fully saturated rings. The Kier molecular flexibility index (Phi) is 5.11. The van der Waals surface area contributed by atoms with Crippen molar-refractivity contribution in [3.05, 3.63) is 91.7 Å². The Balaban J connectivity index is 1.76. The van der Waals surface area contributed by atoms with E-state index in [0.717, 1.165) is 10.4 Å². The van der Waals surface area contributed by atoms with Crippen molar-refractivity contribution >= 4 is 28.6 Å². The summed E-state index contributed by atoms with van der Waals surface area (Å²) in [5.74, 6) is 5.81. The van der Waals surface area contributed by atoms with Gasteiger partial charge in [0.1, 0.15) is 0 Å². The molecule has 1 amide bonds. The van der Waals surface area contributed by atoms with E-state index in [1.54, 1.807) is 30.4 Å². The number of amides is 1. The number of hydrogen-bond acceptors (Lipinski definition) is 4. The van der Waals surface area contributed by atoms with Crippen molar-refractivity contribution < 1.29 is 9.72 Å². The quantitative estimate of drug-likeness (QED) is 0.420. The fourth-order valence-corrected chi connectivity index (χ4v) is 2.93. The van der Waals surface area contributed by atoms with E-state index in [1.807, 2.05) is 29.6 Å². The Hall–Kier alpha value is -3.43. The smallest absolute Gasteiger partial charge is 0.272 e. The van der Waals surface area contributed by atoms with E-state index < -0.39 is 4.92 Å². The molecule has 3 rings (SSSR count). The summed E-state index contributed by atoms with van der Waals surface area (Å²) in [4.78, 5) is 23.8. The number of carbonyl (C=O) groups excluding carboxylic acids is 1. The standard InChI is InChI=1S/C20H14N2O3S/c1-14-12-16(8-10-19(14)22(24)25)20(23)21-17-5-2-4-15(13-17)7-9-18-6-3-11-26-18/h2-6,8,10-13H,1H3,(H,21,23). The minimum atomic E-state index is -0.466. The van der Waals surface area contributed by atoms with Crippen molar-refractivity contribution in [1.82, 2.24) is 0 Å². The van der Waals surface area contributed by atoms with Gasteiger partial charge in [-0.25, -0.2) is 0 Å². The first-order valence-corrected chi connectivity index (χ1v) is 8.63. The second-order valence-corrected chi connectivity index (χ2v) is 6.47. The lowest BCUT2D eigenvalue weighted by Gasteiger charge is -2.06. The van der Waals surface area contributed by atoms with Gasteiger partial charge in [-0.3, -0.25) is 14.9 Å². The first kappa shape index (κ1) is 17.4. The molecule has 2 aromatic carbocycles. The molecule has 1 aromatic heterocycles. The largest absolute Gasteiger partial charge is 0.322 e. The lowest BCUT2D eigenvalue weighted by molar-refractivity contribution is -0.385. The fraction of sp³-hybridized carbons (Fsp3) is 0.0500. The van der Waals surface area contributed by atoms with Crippen LogP contribution >= 0.6 is 11.3 Å². The zero-order valence-corrected chi connectivity index (χ0v) is 14.7. The number of hydrogen-bond donors (Lipinski definition) is 1. The van der Waals surface area contributed by atoms with Crippen LogP contribution in [0.3, 0.4) is 0 Å².